The van der Waals surface area contributed by atoms with Crippen LogP contribution in [0.15, 0.2) is 0 Å². The Bertz CT molecular complexity index is 219. The van der Waals surface area contributed by atoms with Crippen LogP contribution in [0.2, 0.25) is 0 Å². The van der Waals surface area contributed by atoms with Crippen molar-refractivity contribution in [3.05, 3.63) is 0 Å². The average Bonchev–Trinajstić information content (AvgIpc) is 2.42. The van der Waals surface area contributed by atoms with Crippen molar-refractivity contribution in [3.8, 4) is 6.07 Å². The molecule has 0 spiro atoms. The molecule has 1 fully saturated rings. The van der Waals surface area contributed by atoms with Gasteiger partial charge in [-0.05, 0) is 38.5 Å². The maximum atomic E-state index is 8.39. The second kappa shape index (κ2) is 11.5. The van der Waals surface area contributed by atoms with Crippen molar-refractivity contribution in [1.29, 1.82) is 5.26 Å². The van der Waals surface area contributed by atoms with E-state index in [2.05, 4.69) is 6.07 Å². The van der Waals surface area contributed by atoms with Gasteiger partial charge in [-0.1, -0.05) is 19.3 Å². The molecule has 1 unspecified atom stereocenters. The second-order valence-corrected chi connectivity index (χ2v) is 5.07. The van der Waals surface area contributed by atoms with E-state index in [9.17, 15) is 0 Å². The first-order chi connectivity index (χ1) is 8.93. The Hall–Kier alpha value is -0.590. The molecule has 0 aliphatic carbocycles. The fourth-order valence-electron chi connectivity index (χ4n) is 2.29. The molecule has 1 heterocycles. The van der Waals surface area contributed by atoms with Crippen LogP contribution in [0.25, 0.3) is 0 Å². The lowest BCUT2D eigenvalue weighted by Gasteiger charge is -2.22. The molecule has 18 heavy (non-hydrogen) atoms. The minimum Gasteiger partial charge on any atom is -0.381 e. The monoisotopic (exact) mass is 253 g/mol. The van der Waals surface area contributed by atoms with Gasteiger partial charge in [0.15, 0.2) is 0 Å². The molecular formula is C15H27NO2. The zero-order chi connectivity index (χ0) is 12.9. The maximum Gasteiger partial charge on any atom is 0.0621 e. The Labute approximate surface area is 111 Å². The zero-order valence-electron chi connectivity index (χ0n) is 11.5. The highest BCUT2D eigenvalue weighted by atomic mass is 16.5. The lowest BCUT2D eigenvalue weighted by molar-refractivity contribution is -0.00783. The molecule has 0 amide bonds. The molecule has 0 aromatic heterocycles. The van der Waals surface area contributed by atoms with Gasteiger partial charge in [0.1, 0.15) is 0 Å². The molecule has 0 radical (unpaired) electrons. The normalized spacial score (nSPS) is 19.6. The van der Waals surface area contributed by atoms with E-state index in [0.717, 1.165) is 39.1 Å². The summed E-state index contributed by atoms with van der Waals surface area (Å²) in [7, 11) is 0. The van der Waals surface area contributed by atoms with E-state index in [4.69, 9.17) is 14.7 Å². The van der Waals surface area contributed by atoms with E-state index in [-0.39, 0.29) is 0 Å². The molecular weight excluding hydrogens is 226 g/mol. The van der Waals surface area contributed by atoms with Crippen LogP contribution in [0.3, 0.4) is 0 Å². The van der Waals surface area contributed by atoms with E-state index in [0.29, 0.717) is 12.5 Å². The van der Waals surface area contributed by atoms with E-state index in [1.807, 2.05) is 0 Å². The van der Waals surface area contributed by atoms with Crippen LogP contribution < -0.4 is 0 Å². The second-order valence-electron chi connectivity index (χ2n) is 5.07. The fourth-order valence-corrected chi connectivity index (χ4v) is 2.29. The highest BCUT2D eigenvalue weighted by Gasteiger charge is 2.12. The zero-order valence-corrected chi connectivity index (χ0v) is 11.5. The molecule has 0 N–H and O–H groups in total. The summed E-state index contributed by atoms with van der Waals surface area (Å²) in [5.74, 6) is 0. The summed E-state index contributed by atoms with van der Waals surface area (Å²) in [6, 6.07) is 2.18. The summed E-state index contributed by atoms with van der Waals surface area (Å²) in [6.45, 7) is 2.66. The van der Waals surface area contributed by atoms with Crippen molar-refractivity contribution in [2.24, 2.45) is 0 Å². The van der Waals surface area contributed by atoms with E-state index < -0.39 is 0 Å². The molecule has 1 atom stereocenters. The lowest BCUT2D eigenvalue weighted by Crippen LogP contribution is -2.20. The Kier molecular flexibility index (Phi) is 9.88. The fraction of sp³-hybridized carbons (Fsp3) is 0.933. The van der Waals surface area contributed by atoms with Crippen LogP contribution >= 0.6 is 0 Å². The van der Waals surface area contributed by atoms with Crippen LogP contribution in [-0.4, -0.2) is 25.9 Å². The molecule has 1 aliphatic heterocycles. The summed E-state index contributed by atoms with van der Waals surface area (Å²) >= 11 is 0. The number of rotatable bonds is 10. The first kappa shape index (κ1) is 15.5. The number of nitriles is 1. The predicted octanol–water partition coefficient (Wildman–Crippen LogP) is 3.83. The van der Waals surface area contributed by atoms with Crippen molar-refractivity contribution in [2.45, 2.75) is 70.3 Å². The van der Waals surface area contributed by atoms with Crippen LogP contribution in [0, 0.1) is 11.3 Å². The Morgan fingerprint density at radius 2 is 1.89 bits per heavy atom. The SMILES string of the molecule is N#CCCCCCCCOCCC1CCCCO1. The van der Waals surface area contributed by atoms with Crippen molar-refractivity contribution in [3.63, 3.8) is 0 Å². The third-order valence-electron chi connectivity index (χ3n) is 3.44. The molecule has 1 rings (SSSR count). The highest BCUT2D eigenvalue weighted by molar-refractivity contribution is 4.67. The third-order valence-corrected chi connectivity index (χ3v) is 3.44. The van der Waals surface area contributed by atoms with Gasteiger partial charge in [-0.3, -0.25) is 0 Å². The number of hydrogen-bond donors (Lipinski definition) is 0. The summed E-state index contributed by atoms with van der Waals surface area (Å²) in [5, 5.41) is 8.39. The molecule has 0 aromatic carbocycles. The Morgan fingerprint density at radius 1 is 1.06 bits per heavy atom. The van der Waals surface area contributed by atoms with E-state index in [1.54, 1.807) is 0 Å². The molecule has 3 heteroatoms. The smallest absolute Gasteiger partial charge is 0.0621 e. The maximum absolute atomic E-state index is 8.39. The summed E-state index contributed by atoms with van der Waals surface area (Å²) in [5.41, 5.74) is 0. The minimum absolute atomic E-state index is 0.449. The van der Waals surface area contributed by atoms with Crippen molar-refractivity contribution < 1.29 is 9.47 Å². The Balaban J connectivity index is 1.74. The molecule has 0 saturated carbocycles. The summed E-state index contributed by atoms with van der Waals surface area (Å²) in [6.07, 6.45) is 11.8. The van der Waals surface area contributed by atoms with Gasteiger partial charge in [0.05, 0.1) is 12.2 Å². The minimum atomic E-state index is 0.449. The van der Waals surface area contributed by atoms with Crippen molar-refractivity contribution in [1.82, 2.24) is 0 Å². The molecule has 3 nitrogen and oxygen atoms in total. The lowest BCUT2D eigenvalue weighted by atomic mass is 10.1. The van der Waals surface area contributed by atoms with Gasteiger partial charge in [0, 0.05) is 26.2 Å². The van der Waals surface area contributed by atoms with Crippen LogP contribution in [0.1, 0.15) is 64.2 Å². The summed E-state index contributed by atoms with van der Waals surface area (Å²) in [4.78, 5) is 0. The van der Waals surface area contributed by atoms with Gasteiger partial charge in [-0.2, -0.15) is 5.26 Å². The van der Waals surface area contributed by atoms with Crippen LogP contribution in [-0.2, 0) is 9.47 Å². The molecule has 0 bridgehead atoms. The topological polar surface area (TPSA) is 42.2 Å². The standard InChI is InChI=1S/C15H27NO2/c16-11-6-3-1-2-4-7-12-17-14-10-15-9-5-8-13-18-15/h15H,1-10,12-14H2. The van der Waals surface area contributed by atoms with Gasteiger partial charge >= 0.3 is 0 Å². The largest absolute Gasteiger partial charge is 0.381 e. The predicted molar refractivity (Wildman–Crippen MR) is 72.3 cm³/mol. The van der Waals surface area contributed by atoms with Gasteiger partial charge in [-0.25, -0.2) is 0 Å². The number of unbranched alkanes of at least 4 members (excludes halogenated alkanes) is 5. The van der Waals surface area contributed by atoms with Gasteiger partial charge in [0.25, 0.3) is 0 Å². The first-order valence-corrected chi connectivity index (χ1v) is 7.50. The molecule has 0 aromatic rings. The van der Waals surface area contributed by atoms with Crippen molar-refractivity contribution in [2.75, 3.05) is 19.8 Å². The molecule has 1 saturated heterocycles. The van der Waals surface area contributed by atoms with Gasteiger partial charge in [-0.15, -0.1) is 0 Å². The van der Waals surface area contributed by atoms with Gasteiger partial charge < -0.3 is 9.47 Å². The molecule has 104 valence electrons. The number of hydrogen-bond acceptors (Lipinski definition) is 3. The van der Waals surface area contributed by atoms with Gasteiger partial charge in [0.2, 0.25) is 0 Å². The number of nitrogens with zero attached hydrogens (tertiary/aromatic N) is 1. The van der Waals surface area contributed by atoms with E-state index in [1.165, 1.54) is 38.5 Å². The highest BCUT2D eigenvalue weighted by Crippen LogP contribution is 2.15. The quantitative estimate of drug-likeness (QED) is 0.556. The Morgan fingerprint density at radius 3 is 2.67 bits per heavy atom. The average molecular weight is 253 g/mol. The summed E-state index contributed by atoms with van der Waals surface area (Å²) < 4.78 is 11.3. The third kappa shape index (κ3) is 8.49. The molecule has 1 aliphatic rings. The van der Waals surface area contributed by atoms with E-state index >= 15 is 0 Å². The van der Waals surface area contributed by atoms with Crippen LogP contribution in [0.4, 0.5) is 0 Å². The van der Waals surface area contributed by atoms with Crippen LogP contribution in [0.5, 0.6) is 0 Å². The first-order valence-electron chi connectivity index (χ1n) is 7.50. The van der Waals surface area contributed by atoms with Crippen molar-refractivity contribution >= 4 is 0 Å². The number of ether oxygens (including phenoxy) is 2.